The van der Waals surface area contributed by atoms with Crippen LogP contribution in [0.15, 0.2) is 61.2 Å². The Kier molecular flexibility index (Phi) is 4.16. The van der Waals surface area contributed by atoms with Gasteiger partial charge in [-0.25, -0.2) is 9.67 Å². The van der Waals surface area contributed by atoms with Gasteiger partial charge in [-0.05, 0) is 37.1 Å². The van der Waals surface area contributed by atoms with Gasteiger partial charge in [0.1, 0.15) is 18.4 Å². The van der Waals surface area contributed by atoms with Gasteiger partial charge in [0.15, 0.2) is 0 Å². The van der Waals surface area contributed by atoms with Gasteiger partial charge in [0.05, 0.1) is 18.3 Å². The molecule has 1 aliphatic heterocycles. The molecular formula is C19H18N4O2. The number of amides is 1. The quantitative estimate of drug-likeness (QED) is 0.799. The van der Waals surface area contributed by atoms with Crippen LogP contribution in [0.3, 0.4) is 0 Å². The highest BCUT2D eigenvalue weighted by Gasteiger charge is 2.21. The molecule has 0 bridgehead atoms. The molecule has 6 heteroatoms. The first-order valence-electron chi connectivity index (χ1n) is 8.29. The van der Waals surface area contributed by atoms with Gasteiger partial charge in [-0.15, -0.1) is 0 Å². The van der Waals surface area contributed by atoms with Crippen molar-refractivity contribution in [3.63, 3.8) is 0 Å². The van der Waals surface area contributed by atoms with Crippen molar-refractivity contribution in [1.82, 2.24) is 20.1 Å². The molecule has 126 valence electrons. The molecule has 0 fully saturated rings. The summed E-state index contributed by atoms with van der Waals surface area (Å²) in [6.45, 7) is 0.672. The number of hydrogen-bond donors (Lipinski definition) is 1. The molecule has 0 saturated carbocycles. The normalized spacial score (nSPS) is 16.4. The van der Waals surface area contributed by atoms with Gasteiger partial charge >= 0.3 is 0 Å². The number of fused-ring (bicyclic) bond motifs is 1. The van der Waals surface area contributed by atoms with Gasteiger partial charge < -0.3 is 10.1 Å². The van der Waals surface area contributed by atoms with Crippen LogP contribution in [0, 0.1) is 0 Å². The highest BCUT2D eigenvalue weighted by atomic mass is 16.5. The van der Waals surface area contributed by atoms with Crippen molar-refractivity contribution in [2.24, 2.45) is 0 Å². The second-order valence-electron chi connectivity index (χ2n) is 5.94. The van der Waals surface area contributed by atoms with Gasteiger partial charge in [-0.1, -0.05) is 24.3 Å². The zero-order valence-corrected chi connectivity index (χ0v) is 13.6. The summed E-state index contributed by atoms with van der Waals surface area (Å²) in [6.07, 6.45) is 4.83. The number of nitrogens with zero attached hydrogens (tertiary/aromatic N) is 3. The van der Waals surface area contributed by atoms with Crippen molar-refractivity contribution in [1.29, 1.82) is 0 Å². The molecule has 4 rings (SSSR count). The van der Waals surface area contributed by atoms with Crippen molar-refractivity contribution < 1.29 is 9.53 Å². The number of ether oxygens (including phenoxy) is 1. The first-order valence-corrected chi connectivity index (χ1v) is 8.29. The van der Waals surface area contributed by atoms with E-state index in [4.69, 9.17) is 4.74 Å². The summed E-state index contributed by atoms with van der Waals surface area (Å²) in [5, 5.41) is 7.24. The van der Waals surface area contributed by atoms with Gasteiger partial charge in [-0.2, -0.15) is 5.10 Å². The smallest absolute Gasteiger partial charge is 0.251 e. The number of carbonyl (C=O) groups excluding carboxylic acids is 1. The van der Waals surface area contributed by atoms with E-state index >= 15 is 0 Å². The molecule has 2 aromatic carbocycles. The largest absolute Gasteiger partial charge is 0.493 e. The zero-order chi connectivity index (χ0) is 17.1. The van der Waals surface area contributed by atoms with Crippen LogP contribution in [0.4, 0.5) is 0 Å². The molecule has 0 aliphatic carbocycles. The fourth-order valence-electron chi connectivity index (χ4n) is 3.05. The van der Waals surface area contributed by atoms with E-state index in [-0.39, 0.29) is 11.9 Å². The summed E-state index contributed by atoms with van der Waals surface area (Å²) < 4.78 is 7.39. The topological polar surface area (TPSA) is 69.0 Å². The van der Waals surface area contributed by atoms with Crippen molar-refractivity contribution in [2.45, 2.75) is 18.9 Å². The van der Waals surface area contributed by atoms with Crippen LogP contribution >= 0.6 is 0 Å². The molecule has 0 radical (unpaired) electrons. The lowest BCUT2D eigenvalue weighted by atomic mass is 10.0. The third-order valence-electron chi connectivity index (χ3n) is 4.29. The molecule has 0 saturated heterocycles. The molecule has 1 amide bonds. The van der Waals surface area contributed by atoms with E-state index in [1.807, 2.05) is 42.5 Å². The molecule has 1 aromatic heterocycles. The summed E-state index contributed by atoms with van der Waals surface area (Å²) in [6, 6.07) is 15.2. The fraction of sp³-hybridized carbons (Fsp3) is 0.211. The highest BCUT2D eigenvalue weighted by Crippen LogP contribution is 2.31. The van der Waals surface area contributed by atoms with Gasteiger partial charge in [0, 0.05) is 11.1 Å². The second kappa shape index (κ2) is 6.76. The van der Waals surface area contributed by atoms with Crippen LogP contribution in [0.1, 0.15) is 34.8 Å². The minimum Gasteiger partial charge on any atom is -0.493 e. The molecule has 25 heavy (non-hydrogen) atoms. The summed E-state index contributed by atoms with van der Waals surface area (Å²) >= 11 is 0. The highest BCUT2D eigenvalue weighted by molar-refractivity contribution is 5.95. The average Bonchev–Trinajstić information content (AvgIpc) is 3.12. The number of benzene rings is 2. The average molecular weight is 334 g/mol. The van der Waals surface area contributed by atoms with Crippen molar-refractivity contribution in [3.05, 3.63) is 72.3 Å². The minimum absolute atomic E-state index is 0.0544. The van der Waals surface area contributed by atoms with E-state index in [1.54, 1.807) is 17.1 Å². The third-order valence-corrected chi connectivity index (χ3v) is 4.29. The lowest BCUT2D eigenvalue weighted by molar-refractivity contribution is 0.0934. The second-order valence-corrected chi connectivity index (χ2v) is 5.94. The lowest BCUT2D eigenvalue weighted by Gasteiger charge is -2.18. The van der Waals surface area contributed by atoms with E-state index in [2.05, 4.69) is 15.4 Å². The maximum atomic E-state index is 12.8. The number of nitrogens with one attached hydrogen (secondary N) is 1. The Bertz CT molecular complexity index is 877. The standard InChI is InChI=1S/C19H18N4O2/c24-19(14-5-3-6-15(11-14)23-13-20-12-21-23)22-17-8-4-10-25-18-9-2-1-7-16(17)18/h1-3,5-7,9,11-13,17H,4,8,10H2,(H,22,24). The monoisotopic (exact) mass is 334 g/mol. The van der Waals surface area contributed by atoms with Crippen LogP contribution in [0.25, 0.3) is 5.69 Å². The van der Waals surface area contributed by atoms with Crippen molar-refractivity contribution >= 4 is 5.91 Å². The van der Waals surface area contributed by atoms with Gasteiger partial charge in [0.2, 0.25) is 0 Å². The maximum absolute atomic E-state index is 12.8. The summed E-state index contributed by atoms with van der Waals surface area (Å²) in [7, 11) is 0. The van der Waals surface area contributed by atoms with E-state index in [9.17, 15) is 4.79 Å². The Morgan fingerprint density at radius 2 is 2.12 bits per heavy atom. The van der Waals surface area contributed by atoms with E-state index in [1.165, 1.54) is 6.33 Å². The number of hydrogen-bond acceptors (Lipinski definition) is 4. The zero-order valence-electron chi connectivity index (χ0n) is 13.6. The molecule has 0 spiro atoms. The summed E-state index contributed by atoms with van der Waals surface area (Å²) in [5.74, 6) is 0.741. The Balaban J connectivity index is 1.57. The number of carbonyl (C=O) groups is 1. The Morgan fingerprint density at radius 1 is 1.20 bits per heavy atom. The summed E-state index contributed by atoms with van der Waals surface area (Å²) in [5.41, 5.74) is 2.42. The molecule has 1 unspecified atom stereocenters. The molecule has 6 nitrogen and oxygen atoms in total. The molecule has 3 aromatic rings. The van der Waals surface area contributed by atoms with Crippen molar-refractivity contribution in [2.75, 3.05) is 6.61 Å². The van der Waals surface area contributed by atoms with Crippen LogP contribution in [0.5, 0.6) is 5.75 Å². The molecule has 1 aliphatic rings. The van der Waals surface area contributed by atoms with Crippen LogP contribution in [-0.4, -0.2) is 27.3 Å². The van der Waals surface area contributed by atoms with E-state index in [0.717, 1.165) is 29.8 Å². The number of para-hydroxylation sites is 1. The predicted octanol–water partition coefficient (Wildman–Crippen LogP) is 2.91. The molecule has 1 N–H and O–H groups in total. The van der Waals surface area contributed by atoms with Crippen molar-refractivity contribution in [3.8, 4) is 11.4 Å². The Labute approximate surface area is 145 Å². The first kappa shape index (κ1) is 15.4. The van der Waals surface area contributed by atoms with E-state index in [0.29, 0.717) is 12.2 Å². The van der Waals surface area contributed by atoms with E-state index < -0.39 is 0 Å². The van der Waals surface area contributed by atoms with Crippen LogP contribution in [-0.2, 0) is 0 Å². The molecule has 2 heterocycles. The Hall–Kier alpha value is -3.15. The molecular weight excluding hydrogens is 316 g/mol. The Morgan fingerprint density at radius 3 is 3.00 bits per heavy atom. The van der Waals surface area contributed by atoms with Crippen LogP contribution < -0.4 is 10.1 Å². The lowest BCUT2D eigenvalue weighted by Crippen LogP contribution is -2.28. The van der Waals surface area contributed by atoms with Gasteiger partial charge in [0.25, 0.3) is 5.91 Å². The van der Waals surface area contributed by atoms with Gasteiger partial charge in [-0.3, -0.25) is 4.79 Å². The molecule has 1 atom stereocenters. The number of rotatable bonds is 3. The predicted molar refractivity (Wildman–Crippen MR) is 92.7 cm³/mol. The number of aromatic nitrogens is 3. The minimum atomic E-state index is -0.108. The fourth-order valence-corrected chi connectivity index (χ4v) is 3.05. The summed E-state index contributed by atoms with van der Waals surface area (Å²) in [4.78, 5) is 16.7. The third kappa shape index (κ3) is 3.24. The SMILES string of the molecule is O=C(NC1CCCOc2ccccc21)c1cccc(-n2cncn2)c1. The maximum Gasteiger partial charge on any atom is 0.251 e. The first-order chi connectivity index (χ1) is 12.3. The van der Waals surface area contributed by atoms with Crippen LogP contribution in [0.2, 0.25) is 0 Å².